The van der Waals surface area contributed by atoms with E-state index in [1.54, 1.807) is 42.6 Å². The molecule has 0 amide bonds. The van der Waals surface area contributed by atoms with Crippen LogP contribution in [-0.2, 0) is 0 Å². The van der Waals surface area contributed by atoms with Crippen LogP contribution in [0, 0.1) is 12.7 Å². The van der Waals surface area contributed by atoms with E-state index in [0.717, 1.165) is 10.1 Å². The Hall–Kier alpha value is -3.80. The highest BCUT2D eigenvalue weighted by Gasteiger charge is 2.18. The summed E-state index contributed by atoms with van der Waals surface area (Å²) >= 11 is 0. The molecule has 0 fully saturated rings. The lowest BCUT2D eigenvalue weighted by Crippen LogP contribution is -2.21. The minimum atomic E-state index is -0.612. The maximum absolute atomic E-state index is 14.4. The number of benzene rings is 2. The van der Waals surface area contributed by atoms with Crippen molar-refractivity contribution in [1.29, 1.82) is 0 Å². The molecule has 0 saturated carbocycles. The van der Waals surface area contributed by atoms with Crippen LogP contribution >= 0.6 is 0 Å². The molecule has 2 aromatic carbocycles. The summed E-state index contributed by atoms with van der Waals surface area (Å²) in [5.74, 6) is -0.501. The number of aromatic nitrogens is 2. The van der Waals surface area contributed by atoms with Crippen molar-refractivity contribution in [3.63, 3.8) is 0 Å². The van der Waals surface area contributed by atoms with Crippen molar-refractivity contribution >= 4 is 22.8 Å². The number of pyridine rings is 2. The maximum atomic E-state index is 14.4. The first-order valence-electron chi connectivity index (χ1n) is 8.65. The number of hydrogen-bond acceptors (Lipinski definition) is 4. The second-order valence-corrected chi connectivity index (χ2v) is 6.28. The van der Waals surface area contributed by atoms with Gasteiger partial charge in [-0.2, -0.15) is 0 Å². The number of aliphatic imine (C=N–C) groups is 1. The van der Waals surface area contributed by atoms with Crippen molar-refractivity contribution in [2.45, 2.75) is 6.92 Å². The number of aromatic hydroxyl groups is 1. The summed E-state index contributed by atoms with van der Waals surface area (Å²) in [6.07, 6.45) is 3.07. The summed E-state index contributed by atoms with van der Waals surface area (Å²) in [6.45, 7) is 1.87. The molecule has 28 heavy (non-hydrogen) atoms. The molecule has 0 aliphatic carbocycles. The van der Waals surface area contributed by atoms with Crippen LogP contribution in [0.25, 0.3) is 16.5 Å². The molecule has 0 unspecified atom stereocenters. The Morgan fingerprint density at radius 2 is 1.75 bits per heavy atom. The molecule has 138 valence electrons. The van der Waals surface area contributed by atoms with Crippen LogP contribution in [0.15, 0.2) is 76.6 Å². The Kier molecular flexibility index (Phi) is 4.45. The van der Waals surface area contributed by atoms with Gasteiger partial charge >= 0.3 is 0 Å². The Bertz CT molecular complexity index is 1280. The summed E-state index contributed by atoms with van der Waals surface area (Å²) < 4.78 is 15.3. The first-order valence-corrected chi connectivity index (χ1v) is 8.65. The van der Waals surface area contributed by atoms with Crippen LogP contribution in [0.4, 0.5) is 10.2 Å². The van der Waals surface area contributed by atoms with Crippen molar-refractivity contribution in [2.24, 2.45) is 4.99 Å². The topological polar surface area (TPSA) is 67.5 Å². The largest absolute Gasteiger partial charge is 0.494 e. The zero-order valence-corrected chi connectivity index (χ0v) is 15.0. The molecular weight excluding hydrogens is 357 g/mol. The molecule has 5 nitrogen and oxygen atoms in total. The molecule has 2 heterocycles. The van der Waals surface area contributed by atoms with E-state index in [-0.39, 0.29) is 11.6 Å². The highest BCUT2D eigenvalue weighted by atomic mass is 19.1. The molecule has 4 rings (SSSR count). The lowest BCUT2D eigenvalue weighted by molar-refractivity contribution is 0.433. The van der Waals surface area contributed by atoms with Crippen LogP contribution in [0.2, 0.25) is 0 Å². The number of halogens is 1. The highest BCUT2D eigenvalue weighted by Crippen LogP contribution is 2.27. The predicted molar refractivity (Wildman–Crippen MR) is 107 cm³/mol. The number of fused-ring (bicyclic) bond motifs is 1. The molecule has 0 saturated heterocycles. The maximum Gasteiger partial charge on any atom is 0.265 e. The van der Waals surface area contributed by atoms with Gasteiger partial charge in [-0.15, -0.1) is 0 Å². The Morgan fingerprint density at radius 1 is 1.04 bits per heavy atom. The lowest BCUT2D eigenvalue weighted by Gasteiger charge is -2.14. The van der Waals surface area contributed by atoms with E-state index in [2.05, 4.69) is 9.98 Å². The molecule has 1 N–H and O–H groups in total. The summed E-state index contributed by atoms with van der Waals surface area (Å²) in [4.78, 5) is 21.5. The van der Waals surface area contributed by atoms with Gasteiger partial charge in [0.05, 0.1) is 11.3 Å². The van der Waals surface area contributed by atoms with Gasteiger partial charge < -0.3 is 5.11 Å². The molecule has 0 aliphatic heterocycles. The van der Waals surface area contributed by atoms with Crippen molar-refractivity contribution in [3.05, 3.63) is 94.2 Å². The van der Waals surface area contributed by atoms with Crippen LogP contribution in [0.3, 0.4) is 0 Å². The van der Waals surface area contributed by atoms with E-state index in [0.29, 0.717) is 22.2 Å². The fourth-order valence-electron chi connectivity index (χ4n) is 3.08. The molecule has 2 aromatic heterocycles. The molecule has 6 heteroatoms. The molecular formula is C22H16FN3O2. The fraction of sp³-hybridized carbons (Fsp3) is 0.0455. The van der Waals surface area contributed by atoms with E-state index >= 15 is 0 Å². The molecule has 4 aromatic rings. The second-order valence-electron chi connectivity index (χ2n) is 6.28. The fourth-order valence-corrected chi connectivity index (χ4v) is 3.08. The second kappa shape index (κ2) is 7.08. The van der Waals surface area contributed by atoms with Crippen LogP contribution in [-0.4, -0.2) is 20.9 Å². The minimum Gasteiger partial charge on any atom is -0.494 e. The Balaban J connectivity index is 2.02. The zero-order valence-electron chi connectivity index (χ0n) is 15.0. The van der Waals surface area contributed by atoms with Gasteiger partial charge in [0.25, 0.3) is 5.56 Å². The molecule has 0 aliphatic rings. The van der Waals surface area contributed by atoms with Gasteiger partial charge in [0.1, 0.15) is 5.82 Å². The Morgan fingerprint density at radius 3 is 2.50 bits per heavy atom. The molecule has 0 atom stereocenters. The van der Waals surface area contributed by atoms with Crippen molar-refractivity contribution in [2.75, 3.05) is 0 Å². The van der Waals surface area contributed by atoms with E-state index < -0.39 is 11.4 Å². The van der Waals surface area contributed by atoms with Crippen LogP contribution in [0.1, 0.15) is 11.1 Å². The zero-order chi connectivity index (χ0) is 19.7. The number of para-hydroxylation sites is 1. The SMILES string of the molecule is Cc1cccnc1N=Cc1c(O)n(-c2ccccc2F)c(=O)c2ccccc12. The first kappa shape index (κ1) is 17.6. The standard InChI is InChI=1S/C22H16FN3O2/c1-14-7-6-12-24-20(14)25-13-17-15-8-2-3-9-16(15)21(27)26(22(17)28)19-11-5-4-10-18(19)23/h2-13,28H,1H3. The number of rotatable bonds is 3. The minimum absolute atomic E-state index is 0.0283. The van der Waals surface area contributed by atoms with E-state index in [9.17, 15) is 14.3 Å². The van der Waals surface area contributed by atoms with Gasteiger partial charge in [-0.25, -0.2) is 18.9 Å². The predicted octanol–water partition coefficient (Wildman–Crippen LogP) is 4.29. The van der Waals surface area contributed by atoms with Crippen molar-refractivity contribution in [3.8, 4) is 11.6 Å². The van der Waals surface area contributed by atoms with Gasteiger partial charge in [-0.1, -0.05) is 36.4 Å². The third-order valence-electron chi connectivity index (χ3n) is 4.49. The third kappa shape index (κ3) is 2.95. The first-order chi connectivity index (χ1) is 13.6. The summed E-state index contributed by atoms with van der Waals surface area (Å²) in [5.41, 5.74) is 0.636. The van der Waals surface area contributed by atoms with E-state index in [1.807, 2.05) is 13.0 Å². The van der Waals surface area contributed by atoms with Gasteiger partial charge in [0, 0.05) is 23.2 Å². The number of nitrogens with zero attached hydrogens (tertiary/aromatic N) is 3. The summed E-state index contributed by atoms with van der Waals surface area (Å²) in [6, 6.07) is 16.3. The van der Waals surface area contributed by atoms with Gasteiger partial charge in [-0.3, -0.25) is 4.79 Å². The van der Waals surface area contributed by atoms with Crippen molar-refractivity contribution < 1.29 is 9.50 Å². The smallest absolute Gasteiger partial charge is 0.265 e. The quantitative estimate of drug-likeness (QED) is 0.545. The molecule has 0 spiro atoms. The van der Waals surface area contributed by atoms with Gasteiger partial charge in [0.15, 0.2) is 5.82 Å². The lowest BCUT2D eigenvalue weighted by atomic mass is 10.1. The van der Waals surface area contributed by atoms with Crippen LogP contribution < -0.4 is 5.56 Å². The number of aryl methyl sites for hydroxylation is 1. The van der Waals surface area contributed by atoms with Crippen molar-refractivity contribution in [1.82, 2.24) is 9.55 Å². The normalized spacial score (nSPS) is 11.4. The third-order valence-corrected chi connectivity index (χ3v) is 4.49. The van der Waals surface area contributed by atoms with Gasteiger partial charge in [-0.05, 0) is 36.8 Å². The van der Waals surface area contributed by atoms with Gasteiger partial charge in [0.2, 0.25) is 5.88 Å². The summed E-state index contributed by atoms with van der Waals surface area (Å²) in [7, 11) is 0. The van der Waals surface area contributed by atoms with Crippen LogP contribution in [0.5, 0.6) is 5.88 Å². The average Bonchev–Trinajstić information content (AvgIpc) is 2.70. The monoisotopic (exact) mass is 373 g/mol. The molecule has 0 bridgehead atoms. The number of hydrogen-bond donors (Lipinski definition) is 1. The summed E-state index contributed by atoms with van der Waals surface area (Å²) in [5, 5.41) is 11.8. The van der Waals surface area contributed by atoms with E-state index in [4.69, 9.17) is 0 Å². The molecule has 0 radical (unpaired) electrons. The average molecular weight is 373 g/mol. The Labute approximate surface area is 160 Å². The van der Waals surface area contributed by atoms with E-state index in [1.165, 1.54) is 24.4 Å². The highest BCUT2D eigenvalue weighted by molar-refractivity contribution is 6.02.